The molecule has 1 aromatic carbocycles. The summed E-state index contributed by atoms with van der Waals surface area (Å²) in [4.78, 5) is 16.7. The van der Waals surface area contributed by atoms with Crippen LogP contribution < -0.4 is 5.32 Å². The summed E-state index contributed by atoms with van der Waals surface area (Å²) in [6.45, 7) is 5.68. The second-order valence-corrected chi connectivity index (χ2v) is 7.52. The van der Waals surface area contributed by atoms with Crippen molar-refractivity contribution >= 4 is 27.3 Å². The number of sulfone groups is 1. The lowest BCUT2D eigenvalue weighted by Gasteiger charge is -2.22. The lowest BCUT2D eigenvalue weighted by Crippen LogP contribution is -2.21. The number of nitrogens with one attached hydrogen (secondary N) is 1. The number of fused-ring (bicyclic) bond motifs is 1. The number of hydrogen-bond acceptors (Lipinski definition) is 5. The van der Waals surface area contributed by atoms with Crippen LogP contribution in [0.3, 0.4) is 0 Å². The molecule has 0 aliphatic carbocycles. The molecule has 2 aromatic rings. The third-order valence-corrected chi connectivity index (χ3v) is 5.72. The first-order valence-corrected chi connectivity index (χ1v) is 8.66. The van der Waals surface area contributed by atoms with Crippen molar-refractivity contribution in [3.8, 4) is 0 Å². The number of anilines is 1. The standard InChI is InChI=1S/C15H16N4O3S/c1-9-6-7-23(21,22)12-5-4-11(10(2)13(9)12)14(20)18-15-16-8-17-19(15)3/h4-5,8H,1,6-7H2,2-3H3,(H,16,17,18,20). The molecule has 7 nitrogen and oxygen atoms in total. The Morgan fingerprint density at radius 2 is 2.13 bits per heavy atom. The highest BCUT2D eigenvalue weighted by atomic mass is 32.2. The number of rotatable bonds is 2. The number of aryl methyl sites for hydroxylation is 1. The quantitative estimate of drug-likeness (QED) is 0.901. The fourth-order valence-electron chi connectivity index (χ4n) is 2.70. The second kappa shape index (κ2) is 5.31. The van der Waals surface area contributed by atoms with Gasteiger partial charge in [-0.3, -0.25) is 10.1 Å². The minimum Gasteiger partial charge on any atom is -0.291 e. The number of aromatic nitrogens is 3. The first kappa shape index (κ1) is 15.4. The van der Waals surface area contributed by atoms with Gasteiger partial charge >= 0.3 is 0 Å². The van der Waals surface area contributed by atoms with E-state index in [0.717, 1.165) is 5.57 Å². The van der Waals surface area contributed by atoms with Gasteiger partial charge < -0.3 is 0 Å². The first-order chi connectivity index (χ1) is 10.8. The van der Waals surface area contributed by atoms with E-state index in [9.17, 15) is 13.2 Å². The van der Waals surface area contributed by atoms with Gasteiger partial charge in [0.1, 0.15) is 6.33 Å². The van der Waals surface area contributed by atoms with Crippen LogP contribution in [0.2, 0.25) is 0 Å². The number of hydrogen-bond donors (Lipinski definition) is 1. The molecule has 0 saturated heterocycles. The van der Waals surface area contributed by atoms with Crippen molar-refractivity contribution in [2.75, 3.05) is 11.1 Å². The Morgan fingerprint density at radius 3 is 2.78 bits per heavy atom. The van der Waals surface area contributed by atoms with E-state index >= 15 is 0 Å². The monoisotopic (exact) mass is 332 g/mol. The Bertz CT molecular complexity index is 928. The van der Waals surface area contributed by atoms with Crippen molar-refractivity contribution in [1.29, 1.82) is 0 Å². The van der Waals surface area contributed by atoms with Crippen molar-refractivity contribution in [3.05, 3.63) is 41.7 Å². The zero-order chi connectivity index (χ0) is 16.8. The molecule has 0 bridgehead atoms. The molecule has 1 aliphatic rings. The van der Waals surface area contributed by atoms with Crippen LogP contribution in [0.4, 0.5) is 5.95 Å². The van der Waals surface area contributed by atoms with Gasteiger partial charge in [-0.2, -0.15) is 10.1 Å². The summed E-state index contributed by atoms with van der Waals surface area (Å²) in [5, 5.41) is 6.55. The lowest BCUT2D eigenvalue weighted by molar-refractivity contribution is 0.102. The molecule has 1 amide bonds. The van der Waals surface area contributed by atoms with Crippen LogP contribution in [-0.2, 0) is 16.9 Å². The summed E-state index contributed by atoms with van der Waals surface area (Å²) in [5.74, 6) is 0.0127. The highest BCUT2D eigenvalue weighted by molar-refractivity contribution is 7.91. The van der Waals surface area contributed by atoms with Crippen LogP contribution in [0.25, 0.3) is 5.57 Å². The number of benzene rings is 1. The third kappa shape index (κ3) is 2.55. The summed E-state index contributed by atoms with van der Waals surface area (Å²) < 4.78 is 25.8. The van der Waals surface area contributed by atoms with E-state index in [0.29, 0.717) is 29.1 Å². The first-order valence-electron chi connectivity index (χ1n) is 7.01. The summed E-state index contributed by atoms with van der Waals surface area (Å²) in [6, 6.07) is 3.00. The Balaban J connectivity index is 2.06. The highest BCUT2D eigenvalue weighted by Gasteiger charge is 2.29. The molecule has 8 heteroatoms. The zero-order valence-corrected chi connectivity index (χ0v) is 13.6. The van der Waals surface area contributed by atoms with E-state index in [1.54, 1.807) is 14.0 Å². The van der Waals surface area contributed by atoms with Crippen molar-refractivity contribution in [1.82, 2.24) is 14.8 Å². The van der Waals surface area contributed by atoms with Crippen LogP contribution in [0, 0.1) is 6.92 Å². The summed E-state index contributed by atoms with van der Waals surface area (Å²) >= 11 is 0. The maximum atomic E-state index is 12.5. The predicted molar refractivity (Wildman–Crippen MR) is 85.8 cm³/mol. The molecular weight excluding hydrogens is 316 g/mol. The normalized spacial score (nSPS) is 16.0. The van der Waals surface area contributed by atoms with Gasteiger partial charge in [0.25, 0.3) is 5.91 Å². The molecule has 0 radical (unpaired) electrons. The van der Waals surface area contributed by atoms with Crippen molar-refractivity contribution in [2.24, 2.45) is 7.05 Å². The maximum Gasteiger partial charge on any atom is 0.258 e. The van der Waals surface area contributed by atoms with Crippen molar-refractivity contribution < 1.29 is 13.2 Å². The van der Waals surface area contributed by atoms with Crippen LogP contribution in [0.5, 0.6) is 0 Å². The Kier molecular flexibility index (Phi) is 3.56. The number of nitrogens with zero attached hydrogens (tertiary/aromatic N) is 3. The average Bonchev–Trinajstić information content (AvgIpc) is 2.88. The van der Waals surface area contributed by atoms with Gasteiger partial charge in [0.2, 0.25) is 5.95 Å². The van der Waals surface area contributed by atoms with Gasteiger partial charge in [-0.05, 0) is 42.2 Å². The SMILES string of the molecule is C=C1CCS(=O)(=O)c2ccc(C(=O)Nc3ncnn3C)c(C)c21. The van der Waals surface area contributed by atoms with Crippen molar-refractivity contribution in [2.45, 2.75) is 18.2 Å². The third-order valence-electron chi connectivity index (χ3n) is 3.97. The van der Waals surface area contributed by atoms with Gasteiger partial charge in [-0.1, -0.05) is 6.58 Å². The molecular formula is C15H16N4O3S. The molecule has 0 saturated carbocycles. The van der Waals surface area contributed by atoms with E-state index in [2.05, 4.69) is 22.0 Å². The molecule has 23 heavy (non-hydrogen) atoms. The number of carbonyl (C=O) groups excluding carboxylic acids is 1. The largest absolute Gasteiger partial charge is 0.291 e. The zero-order valence-electron chi connectivity index (χ0n) is 12.8. The van der Waals surface area contributed by atoms with Gasteiger partial charge in [0.15, 0.2) is 9.84 Å². The van der Waals surface area contributed by atoms with Gasteiger partial charge in [-0.25, -0.2) is 13.1 Å². The van der Waals surface area contributed by atoms with E-state index in [1.807, 2.05) is 0 Å². The Morgan fingerprint density at radius 1 is 1.39 bits per heavy atom. The van der Waals surface area contributed by atoms with Crippen LogP contribution in [-0.4, -0.2) is 34.8 Å². The molecule has 1 aromatic heterocycles. The van der Waals surface area contributed by atoms with Crippen LogP contribution in [0.15, 0.2) is 29.9 Å². The molecule has 0 atom stereocenters. The lowest BCUT2D eigenvalue weighted by atomic mass is 9.95. The second-order valence-electron chi connectivity index (χ2n) is 5.45. The molecule has 0 unspecified atom stereocenters. The van der Waals surface area contributed by atoms with Crippen LogP contribution in [0.1, 0.15) is 27.9 Å². The van der Waals surface area contributed by atoms with E-state index in [1.165, 1.54) is 23.1 Å². The van der Waals surface area contributed by atoms with E-state index < -0.39 is 9.84 Å². The number of carbonyl (C=O) groups is 1. The van der Waals surface area contributed by atoms with Gasteiger partial charge in [-0.15, -0.1) is 0 Å². The minimum atomic E-state index is -3.32. The van der Waals surface area contributed by atoms with E-state index in [4.69, 9.17) is 0 Å². The maximum absolute atomic E-state index is 12.5. The summed E-state index contributed by atoms with van der Waals surface area (Å²) in [5.41, 5.74) is 2.29. The minimum absolute atomic E-state index is 0.0583. The van der Waals surface area contributed by atoms with Crippen molar-refractivity contribution in [3.63, 3.8) is 0 Å². The molecule has 2 heterocycles. The molecule has 0 spiro atoms. The molecule has 120 valence electrons. The molecule has 3 rings (SSSR count). The fraction of sp³-hybridized carbons (Fsp3) is 0.267. The molecule has 1 aliphatic heterocycles. The smallest absolute Gasteiger partial charge is 0.258 e. The number of amides is 1. The topological polar surface area (TPSA) is 93.9 Å². The summed E-state index contributed by atoms with van der Waals surface area (Å²) in [6.07, 6.45) is 1.72. The summed E-state index contributed by atoms with van der Waals surface area (Å²) in [7, 11) is -1.65. The highest BCUT2D eigenvalue weighted by Crippen LogP contribution is 2.35. The van der Waals surface area contributed by atoms with E-state index in [-0.39, 0.29) is 16.6 Å². The Hall–Kier alpha value is -2.48. The predicted octanol–water partition coefficient (Wildman–Crippen LogP) is 1.57. The van der Waals surface area contributed by atoms with Crippen LogP contribution >= 0.6 is 0 Å². The average molecular weight is 332 g/mol. The van der Waals surface area contributed by atoms with Gasteiger partial charge in [0, 0.05) is 12.6 Å². The molecule has 1 N–H and O–H groups in total. The van der Waals surface area contributed by atoms with Gasteiger partial charge in [0.05, 0.1) is 10.6 Å². The Labute approximate surface area is 134 Å². The fourth-order valence-corrected chi connectivity index (χ4v) is 4.32. The number of allylic oxidation sites excluding steroid dienone is 1. The molecule has 0 fully saturated rings.